The number of amides is 1. The molecule has 18 heavy (non-hydrogen) atoms. The molecule has 2 aliphatic rings. The Bertz CT molecular complexity index is 259. The first-order chi connectivity index (χ1) is 8.75. The minimum Gasteiger partial charge on any atom is -0.368 e. The Labute approximate surface area is 110 Å². The highest BCUT2D eigenvalue weighted by Crippen LogP contribution is 2.27. The molecule has 4 nitrogen and oxygen atoms in total. The molecule has 4 heteroatoms. The largest absolute Gasteiger partial charge is 0.368 e. The van der Waals surface area contributed by atoms with Crippen molar-refractivity contribution in [1.29, 1.82) is 0 Å². The van der Waals surface area contributed by atoms with Crippen molar-refractivity contribution in [3.63, 3.8) is 0 Å². The molecule has 1 unspecified atom stereocenters. The van der Waals surface area contributed by atoms with Crippen LogP contribution >= 0.6 is 0 Å². The first kappa shape index (κ1) is 13.8. The summed E-state index contributed by atoms with van der Waals surface area (Å²) in [5, 5.41) is 6.37. The van der Waals surface area contributed by atoms with Crippen LogP contribution in [0.3, 0.4) is 0 Å². The molecule has 1 atom stereocenters. The van der Waals surface area contributed by atoms with E-state index in [0.29, 0.717) is 12.0 Å². The smallest absolute Gasteiger partial charge is 0.246 e. The number of hydrogen-bond acceptors (Lipinski definition) is 3. The van der Waals surface area contributed by atoms with Crippen molar-refractivity contribution in [2.24, 2.45) is 5.92 Å². The number of ether oxygens (including phenoxy) is 1. The molecular formula is C14H26N2O2. The van der Waals surface area contributed by atoms with Crippen LogP contribution in [0, 0.1) is 5.92 Å². The highest BCUT2D eigenvalue weighted by atomic mass is 16.5. The van der Waals surface area contributed by atoms with Gasteiger partial charge in [-0.05, 0) is 51.6 Å². The number of carbonyl (C=O) groups excluding carboxylic acids is 1. The van der Waals surface area contributed by atoms with Gasteiger partial charge in [-0.1, -0.05) is 12.8 Å². The van der Waals surface area contributed by atoms with Crippen molar-refractivity contribution >= 4 is 5.91 Å². The Morgan fingerprint density at radius 3 is 2.61 bits per heavy atom. The summed E-state index contributed by atoms with van der Waals surface area (Å²) in [6.45, 7) is 4.36. The van der Waals surface area contributed by atoms with Crippen molar-refractivity contribution in [1.82, 2.24) is 10.6 Å². The number of piperidine rings is 1. The summed E-state index contributed by atoms with van der Waals surface area (Å²) >= 11 is 0. The Hall–Kier alpha value is -0.610. The monoisotopic (exact) mass is 254 g/mol. The van der Waals surface area contributed by atoms with Crippen LogP contribution in [0.25, 0.3) is 0 Å². The van der Waals surface area contributed by atoms with Crippen molar-refractivity contribution in [2.75, 3.05) is 19.7 Å². The SMILES string of the molecule is CC(NC(=O)COC1CCNCC1)C1CCCC1. The molecule has 2 N–H and O–H groups in total. The minimum atomic E-state index is 0.0490. The second-order valence-corrected chi connectivity index (χ2v) is 5.66. The van der Waals surface area contributed by atoms with Crippen LogP contribution in [0.4, 0.5) is 0 Å². The zero-order valence-electron chi connectivity index (χ0n) is 11.4. The lowest BCUT2D eigenvalue weighted by Crippen LogP contribution is -2.41. The fraction of sp³-hybridized carbons (Fsp3) is 0.929. The molecule has 1 aliphatic heterocycles. The van der Waals surface area contributed by atoms with E-state index < -0.39 is 0 Å². The van der Waals surface area contributed by atoms with Crippen molar-refractivity contribution in [2.45, 2.75) is 57.6 Å². The number of rotatable bonds is 5. The van der Waals surface area contributed by atoms with Gasteiger partial charge in [0.25, 0.3) is 0 Å². The predicted molar refractivity (Wildman–Crippen MR) is 71.4 cm³/mol. The van der Waals surface area contributed by atoms with E-state index >= 15 is 0 Å². The molecule has 1 heterocycles. The van der Waals surface area contributed by atoms with Gasteiger partial charge in [0, 0.05) is 6.04 Å². The van der Waals surface area contributed by atoms with Gasteiger partial charge in [0.1, 0.15) is 6.61 Å². The molecule has 0 aromatic rings. The summed E-state index contributed by atoms with van der Waals surface area (Å²) in [6, 6.07) is 0.302. The summed E-state index contributed by atoms with van der Waals surface area (Å²) in [4.78, 5) is 11.8. The van der Waals surface area contributed by atoms with Crippen molar-refractivity contribution < 1.29 is 9.53 Å². The second-order valence-electron chi connectivity index (χ2n) is 5.66. The number of hydrogen-bond donors (Lipinski definition) is 2. The lowest BCUT2D eigenvalue weighted by atomic mass is 10.00. The molecule has 0 spiro atoms. The Morgan fingerprint density at radius 2 is 1.94 bits per heavy atom. The van der Waals surface area contributed by atoms with E-state index in [1.165, 1.54) is 25.7 Å². The maximum atomic E-state index is 11.8. The van der Waals surface area contributed by atoms with E-state index in [0.717, 1.165) is 25.9 Å². The van der Waals surface area contributed by atoms with E-state index in [2.05, 4.69) is 17.6 Å². The zero-order valence-corrected chi connectivity index (χ0v) is 11.4. The van der Waals surface area contributed by atoms with Gasteiger partial charge in [0.05, 0.1) is 6.10 Å². The molecule has 0 aromatic carbocycles. The summed E-state index contributed by atoms with van der Waals surface area (Å²) in [5.41, 5.74) is 0. The van der Waals surface area contributed by atoms with Crippen LogP contribution in [0.2, 0.25) is 0 Å². The lowest BCUT2D eigenvalue weighted by Gasteiger charge is -2.24. The van der Waals surface area contributed by atoms with Gasteiger partial charge < -0.3 is 15.4 Å². The maximum Gasteiger partial charge on any atom is 0.246 e. The average Bonchev–Trinajstić information content (AvgIpc) is 2.91. The molecule has 1 saturated heterocycles. The first-order valence-electron chi connectivity index (χ1n) is 7.37. The van der Waals surface area contributed by atoms with E-state index in [1.807, 2.05) is 0 Å². The molecule has 104 valence electrons. The summed E-state index contributed by atoms with van der Waals surface area (Å²) < 4.78 is 5.66. The molecule has 0 aromatic heterocycles. The molecule has 1 amide bonds. The van der Waals surface area contributed by atoms with Crippen LogP contribution in [0.1, 0.15) is 45.4 Å². The topological polar surface area (TPSA) is 50.4 Å². The molecule has 0 bridgehead atoms. The Morgan fingerprint density at radius 1 is 1.28 bits per heavy atom. The van der Waals surface area contributed by atoms with Crippen molar-refractivity contribution in [3.05, 3.63) is 0 Å². The third kappa shape index (κ3) is 4.25. The third-order valence-electron chi connectivity index (χ3n) is 4.23. The van der Waals surface area contributed by atoms with Crippen LogP contribution in [-0.4, -0.2) is 37.7 Å². The van der Waals surface area contributed by atoms with Crippen LogP contribution in [-0.2, 0) is 9.53 Å². The molecule has 0 radical (unpaired) electrons. The van der Waals surface area contributed by atoms with Gasteiger partial charge in [-0.15, -0.1) is 0 Å². The maximum absolute atomic E-state index is 11.8. The highest BCUT2D eigenvalue weighted by molar-refractivity contribution is 5.77. The summed E-state index contributed by atoms with van der Waals surface area (Å²) in [5.74, 6) is 0.723. The second kappa shape index (κ2) is 7.10. The molecule has 2 rings (SSSR count). The quantitative estimate of drug-likeness (QED) is 0.781. The van der Waals surface area contributed by atoms with Gasteiger partial charge in [0.15, 0.2) is 0 Å². The van der Waals surface area contributed by atoms with Gasteiger partial charge in [-0.25, -0.2) is 0 Å². The van der Waals surface area contributed by atoms with Crippen LogP contribution in [0.15, 0.2) is 0 Å². The Balaban J connectivity index is 1.61. The van der Waals surface area contributed by atoms with E-state index in [-0.39, 0.29) is 18.6 Å². The minimum absolute atomic E-state index is 0.0490. The fourth-order valence-electron chi connectivity index (χ4n) is 3.03. The first-order valence-corrected chi connectivity index (χ1v) is 7.37. The van der Waals surface area contributed by atoms with Gasteiger partial charge in [0.2, 0.25) is 5.91 Å². The van der Waals surface area contributed by atoms with Crippen LogP contribution in [0.5, 0.6) is 0 Å². The predicted octanol–water partition coefficient (Wildman–Crippen LogP) is 1.45. The van der Waals surface area contributed by atoms with Gasteiger partial charge >= 0.3 is 0 Å². The fourth-order valence-corrected chi connectivity index (χ4v) is 3.03. The van der Waals surface area contributed by atoms with E-state index in [4.69, 9.17) is 4.74 Å². The molecule has 1 saturated carbocycles. The lowest BCUT2D eigenvalue weighted by molar-refractivity contribution is -0.129. The van der Waals surface area contributed by atoms with E-state index in [9.17, 15) is 4.79 Å². The average molecular weight is 254 g/mol. The number of nitrogens with one attached hydrogen (secondary N) is 2. The van der Waals surface area contributed by atoms with Gasteiger partial charge in [-0.2, -0.15) is 0 Å². The zero-order chi connectivity index (χ0) is 12.8. The standard InChI is InChI=1S/C14H26N2O2/c1-11(12-4-2-3-5-12)16-14(17)10-18-13-6-8-15-9-7-13/h11-13,15H,2-10H2,1H3,(H,16,17). The van der Waals surface area contributed by atoms with Crippen molar-refractivity contribution in [3.8, 4) is 0 Å². The van der Waals surface area contributed by atoms with Crippen LogP contribution < -0.4 is 10.6 Å². The summed E-state index contributed by atoms with van der Waals surface area (Å²) in [7, 11) is 0. The number of carbonyl (C=O) groups is 1. The normalized spacial score (nSPS) is 24.1. The molecular weight excluding hydrogens is 228 g/mol. The highest BCUT2D eigenvalue weighted by Gasteiger charge is 2.23. The summed E-state index contributed by atoms with van der Waals surface area (Å²) in [6.07, 6.45) is 7.45. The third-order valence-corrected chi connectivity index (χ3v) is 4.23. The molecule has 2 fully saturated rings. The van der Waals surface area contributed by atoms with E-state index in [1.54, 1.807) is 0 Å². The van der Waals surface area contributed by atoms with Gasteiger partial charge in [-0.3, -0.25) is 4.79 Å². The molecule has 1 aliphatic carbocycles. The Kier molecular flexibility index (Phi) is 5.45.